The Kier molecular flexibility index (Phi) is 6.46. The van der Waals surface area contributed by atoms with Crippen LogP contribution in [0.4, 0.5) is 16.6 Å². The molecule has 5 rings (SSSR count). The maximum Gasteiger partial charge on any atom is 0.416 e. The van der Waals surface area contributed by atoms with E-state index >= 15 is 0 Å². The first-order valence-electron chi connectivity index (χ1n) is 12.1. The van der Waals surface area contributed by atoms with Crippen molar-refractivity contribution in [1.82, 2.24) is 25.1 Å². The van der Waals surface area contributed by atoms with E-state index in [-0.39, 0.29) is 24.4 Å². The van der Waals surface area contributed by atoms with E-state index in [1.165, 1.54) is 4.90 Å². The fourth-order valence-electron chi connectivity index (χ4n) is 4.32. The summed E-state index contributed by atoms with van der Waals surface area (Å²) in [5, 5.41) is 9.32. The van der Waals surface area contributed by atoms with Gasteiger partial charge in [-0.3, -0.25) is 9.88 Å². The number of hydrogen-bond donors (Lipinski definition) is 1. The zero-order chi connectivity index (χ0) is 26.2. The van der Waals surface area contributed by atoms with Crippen molar-refractivity contribution in [3.05, 3.63) is 54.8 Å². The third kappa shape index (κ3) is 5.21. The largest absolute Gasteiger partial charge is 0.447 e. The second-order valence-corrected chi connectivity index (χ2v) is 9.91. The molecule has 1 fully saturated rings. The molecule has 0 aliphatic carbocycles. The molecule has 3 atom stereocenters. The fourth-order valence-corrected chi connectivity index (χ4v) is 4.32. The number of carbonyl (C=O) groups excluding carboxylic acids is 1. The third-order valence-corrected chi connectivity index (χ3v) is 5.96. The zero-order valence-electron chi connectivity index (χ0n) is 21.4. The highest BCUT2D eigenvalue weighted by atomic mass is 16.6. The summed E-state index contributed by atoms with van der Waals surface area (Å²) < 4.78 is 16.9. The number of rotatable bonds is 7. The van der Waals surface area contributed by atoms with Crippen LogP contribution < -0.4 is 10.2 Å². The monoisotopic (exact) mass is 503 g/mol. The number of aromatic nitrogens is 5. The average Bonchev–Trinajstić information content (AvgIpc) is 3.50. The van der Waals surface area contributed by atoms with E-state index in [1.807, 2.05) is 58.9 Å². The molecule has 0 saturated carbocycles. The van der Waals surface area contributed by atoms with Crippen LogP contribution >= 0.6 is 0 Å². The molecule has 11 heteroatoms. The number of nitrogens with one attached hydrogen (secondary N) is 1. The second-order valence-electron chi connectivity index (χ2n) is 9.91. The molecule has 192 valence electrons. The summed E-state index contributed by atoms with van der Waals surface area (Å²) in [5.41, 5.74) is 0.465. The van der Waals surface area contributed by atoms with Crippen molar-refractivity contribution >= 4 is 28.6 Å². The second kappa shape index (κ2) is 9.74. The van der Waals surface area contributed by atoms with Crippen molar-refractivity contribution in [2.45, 2.75) is 58.4 Å². The highest BCUT2D eigenvalue weighted by Crippen LogP contribution is 2.29. The summed E-state index contributed by atoms with van der Waals surface area (Å²) >= 11 is 0. The molecule has 0 bridgehead atoms. The predicted octanol–water partition coefficient (Wildman–Crippen LogP) is 4.78. The van der Waals surface area contributed by atoms with E-state index in [4.69, 9.17) is 14.0 Å². The van der Waals surface area contributed by atoms with Gasteiger partial charge in [-0.05, 0) is 52.1 Å². The molecule has 1 aromatic carbocycles. The van der Waals surface area contributed by atoms with Gasteiger partial charge in [0.25, 0.3) is 0 Å². The van der Waals surface area contributed by atoms with Crippen molar-refractivity contribution < 1.29 is 18.8 Å². The molecule has 1 aliphatic rings. The summed E-state index contributed by atoms with van der Waals surface area (Å²) in [6, 6.07) is 8.77. The molecule has 1 aliphatic heterocycles. The molecular weight excluding hydrogens is 474 g/mol. The molecule has 11 nitrogen and oxygen atoms in total. The van der Waals surface area contributed by atoms with Crippen molar-refractivity contribution in [1.29, 1.82) is 0 Å². The van der Waals surface area contributed by atoms with Gasteiger partial charge in [-0.1, -0.05) is 23.4 Å². The number of nitrogens with zero attached hydrogens (tertiary/aromatic N) is 6. The van der Waals surface area contributed by atoms with Crippen LogP contribution in [0.15, 0.2) is 53.4 Å². The maximum atomic E-state index is 12.6. The minimum atomic E-state index is -0.474. The van der Waals surface area contributed by atoms with Crippen LogP contribution in [0, 0.1) is 0 Å². The minimum Gasteiger partial charge on any atom is -0.447 e. The number of hydrogen-bond acceptors (Lipinski definition) is 10. The summed E-state index contributed by atoms with van der Waals surface area (Å²) in [6.07, 6.45) is 4.37. The number of cyclic esters (lactones) is 1. The predicted molar refractivity (Wildman–Crippen MR) is 137 cm³/mol. The Morgan fingerprint density at radius 2 is 1.97 bits per heavy atom. The molecule has 1 N–H and O–H groups in total. The van der Waals surface area contributed by atoms with Crippen LogP contribution in [-0.2, 0) is 9.47 Å². The molecule has 4 aromatic rings. The Morgan fingerprint density at radius 3 is 2.78 bits per heavy atom. The molecular formula is C26H29N7O4. The fraction of sp³-hybridized carbons (Fsp3) is 0.385. The van der Waals surface area contributed by atoms with E-state index in [9.17, 15) is 4.79 Å². The topological polar surface area (TPSA) is 128 Å². The number of pyridine rings is 1. The first kappa shape index (κ1) is 24.6. The van der Waals surface area contributed by atoms with Crippen molar-refractivity contribution in [3.63, 3.8) is 0 Å². The smallest absolute Gasteiger partial charge is 0.416 e. The maximum absolute atomic E-state index is 12.6. The van der Waals surface area contributed by atoms with Crippen LogP contribution in [-0.4, -0.2) is 55.5 Å². The lowest BCUT2D eigenvalue weighted by molar-refractivity contribution is -0.0618. The normalized spacial score (nSPS) is 17.6. The van der Waals surface area contributed by atoms with Crippen LogP contribution in [0.1, 0.15) is 46.6 Å². The van der Waals surface area contributed by atoms with Gasteiger partial charge < -0.3 is 19.3 Å². The van der Waals surface area contributed by atoms with E-state index in [2.05, 4.69) is 30.4 Å². The highest BCUT2D eigenvalue weighted by molar-refractivity contribution is 5.94. The van der Waals surface area contributed by atoms with E-state index in [0.717, 1.165) is 16.3 Å². The molecule has 1 amide bonds. The molecule has 0 radical (unpaired) electrons. The lowest BCUT2D eigenvalue weighted by Crippen LogP contribution is -2.45. The highest BCUT2D eigenvalue weighted by Gasteiger charge is 2.40. The van der Waals surface area contributed by atoms with Crippen molar-refractivity contribution in [3.8, 4) is 11.4 Å². The number of fused-ring (bicyclic) bond motifs is 1. The molecule has 1 saturated heterocycles. The quantitative estimate of drug-likeness (QED) is 0.376. The molecule has 3 aromatic heterocycles. The average molecular weight is 504 g/mol. The number of carbonyl (C=O) groups is 1. The van der Waals surface area contributed by atoms with Crippen LogP contribution in [0.3, 0.4) is 0 Å². The Bertz CT molecular complexity index is 1410. The van der Waals surface area contributed by atoms with E-state index < -0.39 is 12.1 Å². The number of anilines is 2. The van der Waals surface area contributed by atoms with Crippen molar-refractivity contribution in [2.24, 2.45) is 0 Å². The number of amides is 1. The van der Waals surface area contributed by atoms with E-state index in [1.54, 1.807) is 24.7 Å². The summed E-state index contributed by atoms with van der Waals surface area (Å²) in [4.78, 5) is 31.7. The first-order chi connectivity index (χ1) is 17.7. The van der Waals surface area contributed by atoms with Crippen LogP contribution in [0.5, 0.6) is 0 Å². The Balaban J connectivity index is 1.34. The summed E-state index contributed by atoms with van der Waals surface area (Å²) in [5.74, 6) is 1.56. The standard InChI is InChI=1S/C26H29N7O4/c1-15(23-31-22(32-37-23)18-8-6-7-17-9-11-27-13-19(17)18)29-24-28-12-10-21(30-24)33-20(14-35-25(33)34)16(2)36-26(3,4)5/h6-13,15-16,20H,14H2,1-5H3,(H,28,29,30)/t15-,16+,20?/m0/s1. The molecule has 37 heavy (non-hydrogen) atoms. The van der Waals surface area contributed by atoms with Gasteiger partial charge in [0.1, 0.15) is 24.5 Å². The summed E-state index contributed by atoms with van der Waals surface area (Å²) in [7, 11) is 0. The lowest BCUT2D eigenvalue weighted by atomic mass is 10.1. The molecule has 1 unspecified atom stereocenters. The van der Waals surface area contributed by atoms with Gasteiger partial charge in [-0.2, -0.15) is 9.97 Å². The zero-order valence-corrected chi connectivity index (χ0v) is 21.4. The Labute approximate surface area is 214 Å². The first-order valence-corrected chi connectivity index (χ1v) is 12.1. The van der Waals surface area contributed by atoms with Crippen LogP contribution in [0.2, 0.25) is 0 Å². The third-order valence-electron chi connectivity index (χ3n) is 5.96. The number of ether oxygens (including phenoxy) is 2. The summed E-state index contributed by atoms with van der Waals surface area (Å²) in [6.45, 7) is 9.92. The van der Waals surface area contributed by atoms with E-state index in [0.29, 0.717) is 23.5 Å². The van der Waals surface area contributed by atoms with Gasteiger partial charge >= 0.3 is 6.09 Å². The minimum absolute atomic E-state index is 0.216. The van der Waals surface area contributed by atoms with Crippen molar-refractivity contribution in [2.75, 3.05) is 16.8 Å². The Morgan fingerprint density at radius 1 is 1.14 bits per heavy atom. The SMILES string of the molecule is C[C@H](Nc1nccc(N2C(=O)OCC2[C@@H](C)OC(C)(C)C)n1)c1nc(-c2cccc3ccncc23)no1. The Hall–Kier alpha value is -4.12. The lowest BCUT2D eigenvalue weighted by Gasteiger charge is -2.31. The van der Waals surface area contributed by atoms with Gasteiger partial charge in [0, 0.05) is 29.5 Å². The van der Waals surface area contributed by atoms with Gasteiger partial charge in [0.2, 0.25) is 17.7 Å². The molecule has 4 heterocycles. The van der Waals surface area contributed by atoms with Gasteiger partial charge in [0.15, 0.2) is 0 Å². The van der Waals surface area contributed by atoms with Crippen LogP contribution in [0.25, 0.3) is 22.2 Å². The van der Waals surface area contributed by atoms with Gasteiger partial charge in [-0.25, -0.2) is 9.78 Å². The number of benzene rings is 1. The van der Waals surface area contributed by atoms with Gasteiger partial charge in [0.05, 0.1) is 11.7 Å². The molecule has 0 spiro atoms. The van der Waals surface area contributed by atoms with Gasteiger partial charge in [-0.15, -0.1) is 0 Å².